The van der Waals surface area contributed by atoms with Crippen LogP contribution in [-0.4, -0.2) is 96.7 Å². The molecule has 90 heavy (non-hydrogen) atoms. The molecule has 0 heterocycles. The topological polar surface area (TPSA) is 237 Å². The Balaban J connectivity index is 5.08. The van der Waals surface area contributed by atoms with Crippen molar-refractivity contribution in [3.63, 3.8) is 0 Å². The molecule has 0 aliphatic rings. The van der Waals surface area contributed by atoms with E-state index in [-0.39, 0.29) is 25.7 Å². The zero-order chi connectivity index (χ0) is 66.3. The third kappa shape index (κ3) is 64.8. The number of carbonyl (C=O) groups is 4. The summed E-state index contributed by atoms with van der Waals surface area (Å²) in [7, 11) is -9.88. The van der Waals surface area contributed by atoms with Gasteiger partial charge in [-0.1, -0.05) is 317 Å². The van der Waals surface area contributed by atoms with Crippen LogP contribution in [0.25, 0.3) is 0 Å². The van der Waals surface area contributed by atoms with Gasteiger partial charge in [0.1, 0.15) is 19.3 Å². The highest BCUT2D eigenvalue weighted by Crippen LogP contribution is 2.45. The van der Waals surface area contributed by atoms with Crippen LogP contribution in [-0.2, 0) is 65.4 Å². The van der Waals surface area contributed by atoms with Gasteiger partial charge < -0.3 is 33.8 Å². The van der Waals surface area contributed by atoms with Crippen molar-refractivity contribution >= 4 is 39.5 Å². The number of carbonyl (C=O) groups excluding carboxylic acids is 4. The number of phosphoric ester groups is 2. The summed E-state index contributed by atoms with van der Waals surface area (Å²) in [5, 5.41) is 10.5. The van der Waals surface area contributed by atoms with Crippen molar-refractivity contribution in [2.24, 2.45) is 5.92 Å². The number of aliphatic hydroxyl groups is 1. The molecule has 0 spiro atoms. The Morgan fingerprint density at radius 1 is 0.300 bits per heavy atom. The van der Waals surface area contributed by atoms with E-state index in [4.69, 9.17) is 37.0 Å². The zero-order valence-corrected chi connectivity index (χ0v) is 60.1. The highest BCUT2D eigenvalue weighted by atomic mass is 31.2. The first-order chi connectivity index (χ1) is 43.5. The van der Waals surface area contributed by atoms with E-state index in [0.29, 0.717) is 25.7 Å². The minimum Gasteiger partial charge on any atom is -0.462 e. The molecule has 0 saturated heterocycles. The van der Waals surface area contributed by atoms with Gasteiger partial charge >= 0.3 is 39.5 Å². The van der Waals surface area contributed by atoms with E-state index in [1.54, 1.807) is 0 Å². The van der Waals surface area contributed by atoms with Crippen molar-refractivity contribution < 1.29 is 80.2 Å². The van der Waals surface area contributed by atoms with Gasteiger partial charge in [0, 0.05) is 25.7 Å². The summed E-state index contributed by atoms with van der Waals surface area (Å²) >= 11 is 0. The van der Waals surface area contributed by atoms with Crippen molar-refractivity contribution in [3.05, 3.63) is 0 Å². The summed E-state index contributed by atoms with van der Waals surface area (Å²) < 4.78 is 67.9. The monoisotopic (exact) mass is 1320 g/mol. The number of rotatable bonds is 71. The van der Waals surface area contributed by atoms with Crippen molar-refractivity contribution in [3.8, 4) is 0 Å². The van der Waals surface area contributed by atoms with Crippen LogP contribution in [0, 0.1) is 5.92 Å². The fraction of sp³-hybridized carbons (Fsp3) is 0.944. The van der Waals surface area contributed by atoms with Crippen molar-refractivity contribution in [1.29, 1.82) is 0 Å². The maximum absolute atomic E-state index is 13.0. The molecular weight excluding hydrogens is 1190 g/mol. The molecule has 0 radical (unpaired) electrons. The number of hydrogen-bond donors (Lipinski definition) is 3. The second-order valence-corrected chi connectivity index (χ2v) is 29.0. The third-order valence-corrected chi connectivity index (χ3v) is 18.4. The largest absolute Gasteiger partial charge is 0.472 e. The van der Waals surface area contributed by atoms with Crippen molar-refractivity contribution in [2.45, 2.75) is 387 Å². The van der Waals surface area contributed by atoms with Crippen molar-refractivity contribution in [2.75, 3.05) is 39.6 Å². The number of phosphoric acid groups is 2. The lowest BCUT2D eigenvalue weighted by molar-refractivity contribution is -0.161. The number of aliphatic hydroxyl groups excluding tert-OH is 1. The summed E-state index contributed by atoms with van der Waals surface area (Å²) in [6.07, 6.45) is 52.1. The molecule has 0 saturated carbocycles. The van der Waals surface area contributed by atoms with Gasteiger partial charge in [-0.3, -0.25) is 37.3 Å². The van der Waals surface area contributed by atoms with E-state index in [1.165, 1.54) is 173 Å². The van der Waals surface area contributed by atoms with E-state index < -0.39 is 97.5 Å². The van der Waals surface area contributed by atoms with E-state index in [1.807, 2.05) is 0 Å². The molecule has 0 aromatic carbocycles. The molecule has 5 atom stereocenters. The normalized spacial score (nSPS) is 14.1. The molecule has 534 valence electrons. The Labute approximate surface area is 549 Å². The van der Waals surface area contributed by atoms with Gasteiger partial charge in [0.2, 0.25) is 0 Å². The zero-order valence-electron chi connectivity index (χ0n) is 58.3. The summed E-state index contributed by atoms with van der Waals surface area (Å²) in [4.78, 5) is 72.1. The lowest BCUT2D eigenvalue weighted by Gasteiger charge is -2.21. The van der Waals surface area contributed by atoms with Gasteiger partial charge in [-0.05, 0) is 31.6 Å². The first-order valence-electron chi connectivity index (χ1n) is 37.1. The smallest absolute Gasteiger partial charge is 0.462 e. The fourth-order valence-corrected chi connectivity index (χ4v) is 12.4. The summed E-state index contributed by atoms with van der Waals surface area (Å²) in [6, 6.07) is 0. The van der Waals surface area contributed by atoms with Crippen LogP contribution in [0.3, 0.4) is 0 Å². The highest BCUT2D eigenvalue weighted by Gasteiger charge is 2.30. The van der Waals surface area contributed by atoms with Gasteiger partial charge in [0.15, 0.2) is 12.2 Å². The van der Waals surface area contributed by atoms with Crippen LogP contribution in [0.1, 0.15) is 369 Å². The Bertz CT molecular complexity index is 1740. The van der Waals surface area contributed by atoms with Crippen LogP contribution >= 0.6 is 15.6 Å². The first-order valence-corrected chi connectivity index (χ1v) is 40.1. The van der Waals surface area contributed by atoms with Crippen LogP contribution < -0.4 is 0 Å². The quantitative estimate of drug-likeness (QED) is 0.0222. The average Bonchev–Trinajstić information content (AvgIpc) is 3.20. The standard InChI is InChI=1S/C71H138O17P2/c1-6-9-12-15-17-18-19-20-21-22-23-24-28-31-34-37-41-45-50-55-69(74)82-61-67(88-71(76)57-52-47-42-38-35-32-29-26-25-27-30-33-36-40-44-48-53-64(4)5)63-86-90(79,80)84-59-65(72)58-83-89(77,78)85-62-66(60-81-68(73)54-49-43-14-11-8-3)87-70(75)56-51-46-39-16-13-10-7-2/h64-67,72H,6-63H2,1-5H3,(H,77,78)(H,79,80)/t65-,66+,67+/m0/s1. The van der Waals surface area contributed by atoms with Gasteiger partial charge in [0.05, 0.1) is 26.4 Å². The van der Waals surface area contributed by atoms with Gasteiger partial charge in [0.25, 0.3) is 0 Å². The Hall–Kier alpha value is -1.94. The van der Waals surface area contributed by atoms with Gasteiger partial charge in [-0.25, -0.2) is 9.13 Å². The second-order valence-electron chi connectivity index (χ2n) is 26.1. The molecule has 0 aromatic heterocycles. The van der Waals surface area contributed by atoms with E-state index >= 15 is 0 Å². The molecule has 0 rings (SSSR count). The molecular formula is C71H138O17P2. The number of unbranched alkanes of at least 4 members (excludes halogenated alkanes) is 43. The molecule has 19 heteroatoms. The van der Waals surface area contributed by atoms with Crippen LogP contribution in [0.2, 0.25) is 0 Å². The molecule has 17 nitrogen and oxygen atoms in total. The van der Waals surface area contributed by atoms with Gasteiger partial charge in [-0.15, -0.1) is 0 Å². The predicted octanol–water partition coefficient (Wildman–Crippen LogP) is 20.5. The fourth-order valence-electron chi connectivity index (χ4n) is 10.8. The third-order valence-electron chi connectivity index (χ3n) is 16.5. The number of hydrogen-bond acceptors (Lipinski definition) is 15. The summed E-state index contributed by atoms with van der Waals surface area (Å²) in [6.45, 7) is 7.15. The summed E-state index contributed by atoms with van der Waals surface area (Å²) in [5.74, 6) is -1.33. The van der Waals surface area contributed by atoms with Crippen LogP contribution in [0.5, 0.6) is 0 Å². The average molecular weight is 1330 g/mol. The minimum absolute atomic E-state index is 0.103. The molecule has 3 N–H and O–H groups in total. The lowest BCUT2D eigenvalue weighted by Crippen LogP contribution is -2.30. The molecule has 0 aliphatic carbocycles. The predicted molar refractivity (Wildman–Crippen MR) is 363 cm³/mol. The Kier molecular flexibility index (Phi) is 63.0. The molecule has 0 fully saturated rings. The molecule has 2 unspecified atom stereocenters. The van der Waals surface area contributed by atoms with E-state index in [2.05, 4.69) is 34.6 Å². The number of ether oxygens (including phenoxy) is 4. The molecule has 0 bridgehead atoms. The SMILES string of the molecule is CCCCCCCCCCCCCCCCCCCCCC(=O)OC[C@H](COP(=O)(O)OC[C@@H](O)COP(=O)(O)OC[C@@H](COC(=O)CCCCCCC)OC(=O)CCCCCCCCC)OC(=O)CCCCCCCCCCCCCCCCCCC(C)C. The first kappa shape index (κ1) is 88.1. The van der Waals surface area contributed by atoms with E-state index in [9.17, 15) is 43.2 Å². The second kappa shape index (κ2) is 64.4. The Morgan fingerprint density at radius 3 is 0.756 bits per heavy atom. The molecule has 0 aromatic rings. The molecule has 0 amide bonds. The maximum atomic E-state index is 13.0. The molecule has 0 aliphatic heterocycles. The van der Waals surface area contributed by atoms with Gasteiger partial charge in [-0.2, -0.15) is 0 Å². The summed E-state index contributed by atoms with van der Waals surface area (Å²) in [5.41, 5.74) is 0. The van der Waals surface area contributed by atoms with Crippen LogP contribution in [0.4, 0.5) is 0 Å². The lowest BCUT2D eigenvalue weighted by atomic mass is 10.0. The van der Waals surface area contributed by atoms with Crippen molar-refractivity contribution in [1.82, 2.24) is 0 Å². The van der Waals surface area contributed by atoms with Crippen LogP contribution in [0.15, 0.2) is 0 Å². The van der Waals surface area contributed by atoms with E-state index in [0.717, 1.165) is 115 Å². The minimum atomic E-state index is -4.95. The Morgan fingerprint density at radius 2 is 0.511 bits per heavy atom. The maximum Gasteiger partial charge on any atom is 0.472 e. The number of esters is 4. The highest BCUT2D eigenvalue weighted by molar-refractivity contribution is 7.47.